The Hall–Kier alpha value is -4.06. The quantitative estimate of drug-likeness (QED) is 0.653. The molecule has 168 valence electrons. The fourth-order valence-electron chi connectivity index (χ4n) is 4.74. The maximum atomic E-state index is 13.4. The van der Waals surface area contributed by atoms with Crippen LogP contribution in [0.2, 0.25) is 0 Å². The number of hydrogen-bond donors (Lipinski definition) is 1. The molecule has 4 heterocycles. The molecule has 0 radical (unpaired) electrons. The van der Waals surface area contributed by atoms with Crippen molar-refractivity contribution < 1.29 is 18.4 Å². The molecule has 1 fully saturated rings. The first-order chi connectivity index (χ1) is 16.1. The Kier molecular flexibility index (Phi) is 5.34. The van der Waals surface area contributed by atoms with Crippen molar-refractivity contribution in [1.29, 1.82) is 5.26 Å². The Balaban J connectivity index is 1.31. The average molecular weight is 445 g/mol. The largest absolute Gasteiger partial charge is 0.459 e. The van der Waals surface area contributed by atoms with Gasteiger partial charge in [-0.3, -0.25) is 9.59 Å². The van der Waals surface area contributed by atoms with E-state index in [4.69, 9.17) is 14.6 Å². The molecule has 0 atom stereocenters. The number of anilines is 2. The van der Waals surface area contributed by atoms with Gasteiger partial charge in [-0.2, -0.15) is 10.2 Å². The van der Waals surface area contributed by atoms with Gasteiger partial charge < -0.3 is 24.4 Å². The van der Waals surface area contributed by atoms with E-state index in [1.165, 1.54) is 6.26 Å². The Morgan fingerprint density at radius 1 is 1.15 bits per heavy atom. The summed E-state index contributed by atoms with van der Waals surface area (Å²) in [6.45, 7) is 1.77. The molecule has 0 unspecified atom stereocenters. The second kappa shape index (κ2) is 8.47. The fourth-order valence-corrected chi connectivity index (χ4v) is 4.74. The molecular weight excluding hydrogens is 422 g/mol. The highest BCUT2D eigenvalue weighted by molar-refractivity contribution is 6.01. The van der Waals surface area contributed by atoms with E-state index in [1.54, 1.807) is 29.2 Å². The maximum Gasteiger partial charge on any atom is 0.266 e. The van der Waals surface area contributed by atoms with Crippen molar-refractivity contribution in [2.24, 2.45) is 11.7 Å². The number of furan rings is 1. The number of nitrogens with two attached hydrogens (primary N) is 1. The van der Waals surface area contributed by atoms with E-state index in [0.29, 0.717) is 49.7 Å². The van der Waals surface area contributed by atoms with Crippen LogP contribution in [-0.4, -0.2) is 36.4 Å². The molecule has 0 bridgehead atoms. The molecular formula is C24H23N5O4. The summed E-state index contributed by atoms with van der Waals surface area (Å²) in [6.07, 6.45) is 4.30. The highest BCUT2D eigenvalue weighted by Crippen LogP contribution is 2.34. The summed E-state index contributed by atoms with van der Waals surface area (Å²) in [5.74, 6) is 0.573. The predicted molar refractivity (Wildman–Crippen MR) is 119 cm³/mol. The van der Waals surface area contributed by atoms with E-state index in [-0.39, 0.29) is 23.4 Å². The molecule has 2 N–H and O–H groups in total. The van der Waals surface area contributed by atoms with Crippen molar-refractivity contribution >= 4 is 23.4 Å². The third kappa shape index (κ3) is 3.74. The number of aromatic nitrogens is 1. The zero-order valence-corrected chi connectivity index (χ0v) is 18.0. The Morgan fingerprint density at radius 3 is 2.67 bits per heavy atom. The van der Waals surface area contributed by atoms with Crippen LogP contribution < -0.4 is 15.5 Å². The Labute approximate surface area is 190 Å². The second-order valence-corrected chi connectivity index (χ2v) is 8.28. The van der Waals surface area contributed by atoms with E-state index in [2.05, 4.69) is 11.1 Å². The number of nitriles is 1. The molecule has 2 amide bonds. The van der Waals surface area contributed by atoms with Gasteiger partial charge in [0, 0.05) is 36.8 Å². The van der Waals surface area contributed by atoms with Crippen LogP contribution in [0.25, 0.3) is 11.7 Å². The van der Waals surface area contributed by atoms with Crippen molar-refractivity contribution in [2.45, 2.75) is 25.7 Å². The molecule has 33 heavy (non-hydrogen) atoms. The first kappa shape index (κ1) is 20.8. The molecule has 2 aromatic heterocycles. The summed E-state index contributed by atoms with van der Waals surface area (Å²) in [5.41, 5.74) is 7.87. The number of piperidine rings is 1. The van der Waals surface area contributed by atoms with Gasteiger partial charge in [-0.15, -0.1) is 0 Å². The molecule has 3 aromatic rings. The van der Waals surface area contributed by atoms with Crippen LogP contribution in [-0.2, 0) is 11.2 Å². The zero-order chi connectivity index (χ0) is 22.9. The molecule has 9 heteroatoms. The van der Waals surface area contributed by atoms with Gasteiger partial charge in [0.1, 0.15) is 6.07 Å². The number of oxazole rings is 1. The number of benzene rings is 1. The monoisotopic (exact) mass is 445 g/mol. The number of amides is 2. The van der Waals surface area contributed by atoms with Crippen LogP contribution in [0.5, 0.6) is 0 Å². The van der Waals surface area contributed by atoms with Crippen molar-refractivity contribution in [3.8, 4) is 17.7 Å². The van der Waals surface area contributed by atoms with Crippen molar-refractivity contribution in [3.63, 3.8) is 0 Å². The molecule has 5 rings (SSSR count). The average Bonchev–Trinajstić information content (AvgIpc) is 3.53. The third-order valence-corrected chi connectivity index (χ3v) is 6.36. The molecule has 1 aromatic carbocycles. The SMILES string of the molecule is N#Cc1nc(-c2ccco2)oc1N1CCC(C(=O)N2CCCc3c(C(N)=O)cccc32)CC1. The van der Waals surface area contributed by atoms with Crippen molar-refractivity contribution in [1.82, 2.24) is 4.98 Å². The molecule has 0 spiro atoms. The maximum absolute atomic E-state index is 13.4. The smallest absolute Gasteiger partial charge is 0.266 e. The normalized spacial score (nSPS) is 16.3. The van der Waals surface area contributed by atoms with Crippen LogP contribution in [0.4, 0.5) is 11.6 Å². The summed E-state index contributed by atoms with van der Waals surface area (Å²) < 4.78 is 11.2. The van der Waals surface area contributed by atoms with Crippen molar-refractivity contribution in [2.75, 3.05) is 29.4 Å². The lowest BCUT2D eigenvalue weighted by molar-refractivity contribution is -0.123. The first-order valence-corrected chi connectivity index (χ1v) is 11.0. The summed E-state index contributed by atoms with van der Waals surface area (Å²) in [7, 11) is 0. The second-order valence-electron chi connectivity index (χ2n) is 8.28. The van der Waals surface area contributed by atoms with Gasteiger partial charge in [0.2, 0.25) is 23.4 Å². The minimum Gasteiger partial charge on any atom is -0.459 e. The van der Waals surface area contributed by atoms with E-state index in [0.717, 1.165) is 24.1 Å². The number of rotatable bonds is 4. The van der Waals surface area contributed by atoms with E-state index < -0.39 is 5.91 Å². The topological polar surface area (TPSA) is 130 Å². The van der Waals surface area contributed by atoms with Gasteiger partial charge in [0.15, 0.2) is 5.76 Å². The van der Waals surface area contributed by atoms with Crippen LogP contribution in [0.1, 0.15) is 40.9 Å². The van der Waals surface area contributed by atoms with Gasteiger partial charge in [-0.25, -0.2) is 0 Å². The third-order valence-electron chi connectivity index (χ3n) is 6.36. The van der Waals surface area contributed by atoms with Crippen molar-refractivity contribution in [3.05, 3.63) is 53.4 Å². The predicted octanol–water partition coefficient (Wildman–Crippen LogP) is 3.10. The molecule has 0 saturated carbocycles. The van der Waals surface area contributed by atoms with Crippen LogP contribution >= 0.6 is 0 Å². The van der Waals surface area contributed by atoms with Gasteiger partial charge in [-0.1, -0.05) is 6.07 Å². The summed E-state index contributed by atoms with van der Waals surface area (Å²) in [5, 5.41) is 9.50. The lowest BCUT2D eigenvalue weighted by Gasteiger charge is -2.36. The van der Waals surface area contributed by atoms with Gasteiger partial charge in [-0.05, 0) is 55.5 Å². The minimum absolute atomic E-state index is 0.0616. The Morgan fingerprint density at radius 2 is 1.97 bits per heavy atom. The summed E-state index contributed by atoms with van der Waals surface area (Å²) in [4.78, 5) is 33.2. The van der Waals surface area contributed by atoms with Crippen LogP contribution in [0.15, 0.2) is 45.4 Å². The highest BCUT2D eigenvalue weighted by atomic mass is 16.4. The van der Waals surface area contributed by atoms with Crippen LogP contribution in [0.3, 0.4) is 0 Å². The Bertz CT molecular complexity index is 1230. The fraction of sp³-hybridized carbons (Fsp3) is 0.333. The van der Waals surface area contributed by atoms with E-state index in [1.807, 2.05) is 11.0 Å². The highest BCUT2D eigenvalue weighted by Gasteiger charge is 2.34. The molecule has 1 saturated heterocycles. The first-order valence-electron chi connectivity index (χ1n) is 11.0. The number of primary amides is 1. The molecule has 2 aliphatic rings. The standard InChI is InChI=1S/C24H23N5O4/c25-14-18-24(33-22(27-18)20-7-3-13-32-20)28-11-8-15(9-12-28)23(31)29-10-2-5-16-17(21(26)30)4-1-6-19(16)29/h1,3-4,6-7,13,15H,2,5,8-12H2,(H2,26,30). The number of carbonyl (C=O) groups is 2. The molecule has 2 aliphatic heterocycles. The lowest BCUT2D eigenvalue weighted by Crippen LogP contribution is -2.44. The van der Waals surface area contributed by atoms with Gasteiger partial charge >= 0.3 is 0 Å². The minimum atomic E-state index is -0.469. The number of nitrogens with zero attached hydrogens (tertiary/aromatic N) is 4. The van der Waals surface area contributed by atoms with Gasteiger partial charge in [0.05, 0.1) is 6.26 Å². The zero-order valence-electron chi connectivity index (χ0n) is 18.0. The van der Waals surface area contributed by atoms with Gasteiger partial charge in [0.25, 0.3) is 5.89 Å². The summed E-state index contributed by atoms with van der Waals surface area (Å²) in [6, 6.07) is 10.9. The number of fused-ring (bicyclic) bond motifs is 1. The van der Waals surface area contributed by atoms with E-state index >= 15 is 0 Å². The van der Waals surface area contributed by atoms with E-state index in [9.17, 15) is 14.9 Å². The number of carbonyl (C=O) groups excluding carboxylic acids is 2. The van der Waals surface area contributed by atoms with Crippen LogP contribution in [0, 0.1) is 17.2 Å². The molecule has 0 aliphatic carbocycles. The summed E-state index contributed by atoms with van der Waals surface area (Å²) >= 11 is 0. The lowest BCUT2D eigenvalue weighted by atomic mass is 9.91. The number of hydrogen-bond acceptors (Lipinski definition) is 7. The molecule has 9 nitrogen and oxygen atoms in total.